The lowest BCUT2D eigenvalue weighted by Crippen LogP contribution is -2.34. The normalized spacial score (nSPS) is 24.4. The molecule has 3 nitrogen and oxygen atoms in total. The highest BCUT2D eigenvalue weighted by atomic mass is 79.9. The Bertz CT molecular complexity index is 432. The van der Waals surface area contributed by atoms with Crippen molar-refractivity contribution in [2.45, 2.75) is 26.3 Å². The summed E-state index contributed by atoms with van der Waals surface area (Å²) in [6.45, 7) is 5.57. The molecule has 1 aliphatic heterocycles. The Hall–Kier alpha value is -0.390. The number of carbonyl (C=O) groups excluding carboxylic acids is 1. The maximum atomic E-state index is 12.4. The smallest absolute Gasteiger partial charge is 0.256 e. The van der Waals surface area contributed by atoms with Crippen LogP contribution < -0.4 is 5.73 Å². The number of nitrogens with two attached hydrogens (primary N) is 1. The predicted octanol–water partition coefficient (Wildman–Crippen LogP) is 2.63. The van der Waals surface area contributed by atoms with Gasteiger partial charge in [-0.3, -0.25) is 4.79 Å². The van der Waals surface area contributed by atoms with Gasteiger partial charge in [0.25, 0.3) is 5.91 Å². The van der Waals surface area contributed by atoms with Crippen LogP contribution in [-0.4, -0.2) is 29.9 Å². The molecule has 1 aromatic rings. The highest BCUT2D eigenvalue weighted by Crippen LogP contribution is 2.31. The summed E-state index contributed by atoms with van der Waals surface area (Å²) in [5.41, 5.74) is 6.47. The van der Waals surface area contributed by atoms with Crippen LogP contribution in [0.2, 0.25) is 0 Å². The second kappa shape index (κ2) is 5.08. The third-order valence-corrected chi connectivity index (χ3v) is 5.05. The van der Waals surface area contributed by atoms with Crippen LogP contribution in [0.3, 0.4) is 0 Å². The zero-order valence-electron chi connectivity index (χ0n) is 10.1. The van der Waals surface area contributed by atoms with Gasteiger partial charge in [-0.15, -0.1) is 11.3 Å². The van der Waals surface area contributed by atoms with E-state index in [0.717, 1.165) is 27.2 Å². The van der Waals surface area contributed by atoms with Gasteiger partial charge < -0.3 is 10.6 Å². The molecule has 17 heavy (non-hydrogen) atoms. The molecular weight excluding hydrogens is 300 g/mol. The highest BCUT2D eigenvalue weighted by molar-refractivity contribution is 9.11. The Labute approximate surface area is 114 Å². The number of hydrogen-bond acceptors (Lipinski definition) is 3. The third kappa shape index (κ3) is 2.56. The third-order valence-electron chi connectivity index (χ3n) is 3.30. The predicted molar refractivity (Wildman–Crippen MR) is 74.4 cm³/mol. The first-order valence-electron chi connectivity index (χ1n) is 5.80. The van der Waals surface area contributed by atoms with E-state index in [2.05, 4.69) is 22.9 Å². The summed E-state index contributed by atoms with van der Waals surface area (Å²) in [5.74, 6) is 0.581. The van der Waals surface area contributed by atoms with E-state index in [9.17, 15) is 4.79 Å². The summed E-state index contributed by atoms with van der Waals surface area (Å²) >= 11 is 5.07. The maximum Gasteiger partial charge on any atom is 0.256 e. The van der Waals surface area contributed by atoms with Gasteiger partial charge in [0.15, 0.2) is 0 Å². The first-order chi connectivity index (χ1) is 8.02. The molecular formula is C12H17BrN2OS. The van der Waals surface area contributed by atoms with Crippen molar-refractivity contribution in [3.05, 3.63) is 20.3 Å². The number of aryl methyl sites for hydroxylation is 1. The molecule has 0 aliphatic carbocycles. The summed E-state index contributed by atoms with van der Waals surface area (Å²) in [4.78, 5) is 15.5. The fourth-order valence-corrected chi connectivity index (χ4v) is 4.15. The average molecular weight is 317 g/mol. The lowest BCUT2D eigenvalue weighted by molar-refractivity contribution is 0.0743. The molecule has 2 atom stereocenters. The van der Waals surface area contributed by atoms with Gasteiger partial charge >= 0.3 is 0 Å². The maximum absolute atomic E-state index is 12.4. The van der Waals surface area contributed by atoms with Gasteiger partial charge in [-0.25, -0.2) is 0 Å². The van der Waals surface area contributed by atoms with Crippen molar-refractivity contribution >= 4 is 33.2 Å². The molecule has 1 aromatic heterocycles. The lowest BCUT2D eigenvalue weighted by Gasteiger charge is -2.21. The molecule has 2 heterocycles. The van der Waals surface area contributed by atoms with Crippen molar-refractivity contribution in [2.75, 3.05) is 13.1 Å². The summed E-state index contributed by atoms with van der Waals surface area (Å²) in [7, 11) is 0. The van der Waals surface area contributed by atoms with E-state index in [1.165, 1.54) is 0 Å². The van der Waals surface area contributed by atoms with Gasteiger partial charge in [0.1, 0.15) is 0 Å². The van der Waals surface area contributed by atoms with Crippen LogP contribution in [0.1, 0.15) is 28.6 Å². The van der Waals surface area contributed by atoms with Crippen molar-refractivity contribution in [2.24, 2.45) is 11.7 Å². The Morgan fingerprint density at radius 2 is 2.41 bits per heavy atom. The van der Waals surface area contributed by atoms with Gasteiger partial charge in [-0.05, 0) is 54.7 Å². The van der Waals surface area contributed by atoms with E-state index in [1.54, 1.807) is 11.3 Å². The fourth-order valence-electron chi connectivity index (χ4n) is 2.38. The van der Waals surface area contributed by atoms with Crippen molar-refractivity contribution in [3.63, 3.8) is 0 Å². The quantitative estimate of drug-likeness (QED) is 0.911. The Morgan fingerprint density at radius 3 is 2.88 bits per heavy atom. The van der Waals surface area contributed by atoms with Gasteiger partial charge in [0, 0.05) is 17.5 Å². The number of hydrogen-bond donors (Lipinski definition) is 1. The molecule has 0 spiro atoms. The number of carbonyl (C=O) groups is 1. The highest BCUT2D eigenvalue weighted by Gasteiger charge is 2.33. The topological polar surface area (TPSA) is 46.3 Å². The number of likely N-dealkylation sites (tertiary alicyclic amines) is 1. The molecule has 0 aromatic carbocycles. The van der Waals surface area contributed by atoms with Crippen molar-refractivity contribution < 1.29 is 4.79 Å². The summed E-state index contributed by atoms with van der Waals surface area (Å²) in [5, 5.41) is 0. The van der Waals surface area contributed by atoms with E-state index in [0.29, 0.717) is 18.5 Å². The lowest BCUT2D eigenvalue weighted by atomic mass is 10.1. The molecule has 0 radical (unpaired) electrons. The van der Waals surface area contributed by atoms with Crippen LogP contribution in [0.25, 0.3) is 0 Å². The molecule has 1 fully saturated rings. The van der Waals surface area contributed by atoms with Crippen LogP contribution in [0.4, 0.5) is 0 Å². The van der Waals surface area contributed by atoms with Crippen LogP contribution >= 0.6 is 27.3 Å². The molecule has 2 rings (SSSR count). The minimum Gasteiger partial charge on any atom is -0.336 e. The Kier molecular flexibility index (Phi) is 3.90. The second-order valence-electron chi connectivity index (χ2n) is 4.69. The fraction of sp³-hybridized carbons (Fsp3) is 0.583. The number of nitrogens with zero attached hydrogens (tertiary/aromatic N) is 1. The molecule has 1 aliphatic rings. The summed E-state index contributed by atoms with van der Waals surface area (Å²) < 4.78 is 0.934. The number of thiophene rings is 1. The van der Waals surface area contributed by atoms with E-state index < -0.39 is 0 Å². The standard InChI is InChI=1S/C12H17BrN2OS/c1-7-3-9(5-14)6-15(7)12(16)10-4-8(2)17-11(10)13/h4,7,9H,3,5-6,14H2,1-2H3. The molecule has 5 heteroatoms. The number of amides is 1. The van der Waals surface area contributed by atoms with E-state index in [4.69, 9.17) is 5.73 Å². The van der Waals surface area contributed by atoms with Crippen LogP contribution in [0.15, 0.2) is 9.85 Å². The van der Waals surface area contributed by atoms with Crippen molar-refractivity contribution in [3.8, 4) is 0 Å². The van der Waals surface area contributed by atoms with E-state index >= 15 is 0 Å². The number of halogens is 1. The van der Waals surface area contributed by atoms with Crippen LogP contribution in [0, 0.1) is 12.8 Å². The monoisotopic (exact) mass is 316 g/mol. The molecule has 2 N–H and O–H groups in total. The molecule has 94 valence electrons. The molecule has 0 saturated carbocycles. The van der Waals surface area contributed by atoms with E-state index in [-0.39, 0.29) is 5.91 Å². The van der Waals surface area contributed by atoms with Crippen molar-refractivity contribution in [1.29, 1.82) is 0 Å². The first-order valence-corrected chi connectivity index (χ1v) is 7.40. The Balaban J connectivity index is 2.18. The van der Waals surface area contributed by atoms with Crippen LogP contribution in [0.5, 0.6) is 0 Å². The number of rotatable bonds is 2. The minimum absolute atomic E-state index is 0.129. The van der Waals surface area contributed by atoms with Gasteiger partial charge in [0.05, 0.1) is 9.35 Å². The van der Waals surface area contributed by atoms with Gasteiger partial charge in [-0.1, -0.05) is 0 Å². The molecule has 0 bridgehead atoms. The van der Waals surface area contributed by atoms with Gasteiger partial charge in [0.2, 0.25) is 0 Å². The largest absolute Gasteiger partial charge is 0.336 e. The van der Waals surface area contributed by atoms with Gasteiger partial charge in [-0.2, -0.15) is 0 Å². The first kappa shape index (κ1) is 13.1. The van der Waals surface area contributed by atoms with E-state index in [1.807, 2.05) is 17.9 Å². The van der Waals surface area contributed by atoms with Crippen LogP contribution in [-0.2, 0) is 0 Å². The zero-order valence-corrected chi connectivity index (χ0v) is 12.5. The summed E-state index contributed by atoms with van der Waals surface area (Å²) in [6.07, 6.45) is 1.02. The molecule has 2 unspecified atom stereocenters. The molecule has 1 saturated heterocycles. The SMILES string of the molecule is Cc1cc(C(=O)N2CC(CN)CC2C)c(Br)s1. The Morgan fingerprint density at radius 1 is 1.71 bits per heavy atom. The molecule has 1 amide bonds. The zero-order chi connectivity index (χ0) is 12.6. The summed E-state index contributed by atoms with van der Waals surface area (Å²) in [6, 6.07) is 2.25. The van der Waals surface area contributed by atoms with Crippen molar-refractivity contribution in [1.82, 2.24) is 4.90 Å². The second-order valence-corrected chi connectivity index (χ2v) is 7.26. The minimum atomic E-state index is 0.129. The average Bonchev–Trinajstić information content (AvgIpc) is 2.81.